The highest BCUT2D eigenvalue weighted by Gasteiger charge is 2.70. The maximum atomic E-state index is 12.5. The summed E-state index contributed by atoms with van der Waals surface area (Å²) < 4.78 is 11.1. The van der Waals surface area contributed by atoms with Gasteiger partial charge >= 0.3 is 0 Å². The van der Waals surface area contributed by atoms with Crippen LogP contribution >= 0.6 is 0 Å². The third kappa shape index (κ3) is 2.36. The number of hydrogen-bond acceptors (Lipinski definition) is 4. The van der Waals surface area contributed by atoms with Crippen LogP contribution in [0.1, 0.15) is 40.0 Å². The van der Waals surface area contributed by atoms with Crippen molar-refractivity contribution in [1.29, 1.82) is 0 Å². The third-order valence-corrected chi connectivity index (χ3v) is 5.02. The lowest BCUT2D eigenvalue weighted by Gasteiger charge is -2.65. The smallest absolute Gasteiger partial charge is 0.241 e. The van der Waals surface area contributed by atoms with Crippen LogP contribution in [0.4, 0.5) is 0 Å². The first-order chi connectivity index (χ1) is 9.46. The summed E-state index contributed by atoms with van der Waals surface area (Å²) in [6.07, 6.45) is 2.92. The Balaban J connectivity index is 1.90. The van der Waals surface area contributed by atoms with Crippen LogP contribution in [0.25, 0.3) is 0 Å². The Kier molecular flexibility index (Phi) is 4.72. The van der Waals surface area contributed by atoms with Gasteiger partial charge in [-0.25, -0.2) is 0 Å². The minimum absolute atomic E-state index is 0.0363. The summed E-state index contributed by atoms with van der Waals surface area (Å²) in [5.74, 6) is 0.115. The first-order valence-corrected chi connectivity index (χ1v) is 7.72. The van der Waals surface area contributed by atoms with Gasteiger partial charge in [0.2, 0.25) is 5.91 Å². The van der Waals surface area contributed by atoms with Crippen molar-refractivity contribution < 1.29 is 14.3 Å². The molecule has 5 heteroatoms. The van der Waals surface area contributed by atoms with Crippen molar-refractivity contribution in [3.8, 4) is 0 Å². The van der Waals surface area contributed by atoms with E-state index in [9.17, 15) is 4.79 Å². The molecule has 0 aromatic rings. The zero-order valence-electron chi connectivity index (χ0n) is 12.9. The molecular weight excluding hydrogens is 256 g/mol. The molecule has 1 saturated heterocycles. The van der Waals surface area contributed by atoms with E-state index in [1.807, 2.05) is 20.8 Å². The quantitative estimate of drug-likeness (QED) is 0.715. The number of carbonyl (C=O) groups is 1. The van der Waals surface area contributed by atoms with Gasteiger partial charge in [0, 0.05) is 37.7 Å². The standard InChI is InChI=1S/C15H28N2O3/c1-4-19-9-6-8-17-13(18)15(16)11-7-5-10-20-12(11)14(15,2)3/h11-12H,4-10,16H2,1-3H3,(H,17,18). The maximum Gasteiger partial charge on any atom is 0.241 e. The van der Waals surface area contributed by atoms with Gasteiger partial charge in [0.15, 0.2) is 0 Å². The van der Waals surface area contributed by atoms with Gasteiger partial charge in [-0.1, -0.05) is 13.8 Å². The van der Waals surface area contributed by atoms with E-state index in [-0.39, 0.29) is 23.3 Å². The van der Waals surface area contributed by atoms with E-state index in [4.69, 9.17) is 15.2 Å². The maximum absolute atomic E-state index is 12.5. The SMILES string of the molecule is CCOCCCNC(=O)C1(N)C2CCCOC2C1(C)C. The van der Waals surface area contributed by atoms with Crippen LogP contribution < -0.4 is 11.1 Å². The molecule has 1 aliphatic carbocycles. The third-order valence-electron chi connectivity index (χ3n) is 5.02. The second-order valence-corrected chi connectivity index (χ2v) is 6.44. The Bertz CT molecular complexity index is 359. The Morgan fingerprint density at radius 1 is 1.50 bits per heavy atom. The normalized spacial score (nSPS) is 35.0. The molecule has 5 nitrogen and oxygen atoms in total. The van der Waals surface area contributed by atoms with E-state index in [1.54, 1.807) is 0 Å². The number of rotatable bonds is 6. The van der Waals surface area contributed by atoms with Gasteiger partial charge in [0.25, 0.3) is 0 Å². The van der Waals surface area contributed by atoms with Crippen molar-refractivity contribution >= 4 is 5.91 Å². The number of nitrogens with two attached hydrogens (primary N) is 1. The van der Waals surface area contributed by atoms with Gasteiger partial charge in [-0.05, 0) is 26.2 Å². The zero-order chi connectivity index (χ0) is 14.8. The average molecular weight is 284 g/mol. The van der Waals surface area contributed by atoms with E-state index < -0.39 is 5.54 Å². The molecule has 0 aromatic carbocycles. The van der Waals surface area contributed by atoms with Crippen molar-refractivity contribution in [1.82, 2.24) is 5.32 Å². The lowest BCUT2D eigenvalue weighted by Crippen LogP contribution is -2.82. The molecule has 1 saturated carbocycles. The van der Waals surface area contributed by atoms with Gasteiger partial charge < -0.3 is 20.5 Å². The zero-order valence-corrected chi connectivity index (χ0v) is 12.9. The number of amides is 1. The minimum atomic E-state index is -0.802. The molecular formula is C15H28N2O3. The molecule has 0 spiro atoms. The topological polar surface area (TPSA) is 73.6 Å². The Hall–Kier alpha value is -0.650. The molecule has 1 aliphatic heterocycles. The van der Waals surface area contributed by atoms with Gasteiger partial charge in [-0.15, -0.1) is 0 Å². The lowest BCUT2D eigenvalue weighted by molar-refractivity contribution is -0.225. The van der Waals surface area contributed by atoms with Crippen LogP contribution in [0, 0.1) is 11.3 Å². The van der Waals surface area contributed by atoms with Crippen molar-refractivity contribution in [2.45, 2.75) is 51.7 Å². The molecule has 3 unspecified atom stereocenters. The Labute approximate surface area is 121 Å². The summed E-state index contributed by atoms with van der Waals surface area (Å²) in [6.45, 7) is 8.84. The van der Waals surface area contributed by atoms with Crippen LogP contribution in [-0.2, 0) is 14.3 Å². The molecule has 2 aliphatic rings. The van der Waals surface area contributed by atoms with Crippen LogP contribution in [0.5, 0.6) is 0 Å². The summed E-state index contributed by atoms with van der Waals surface area (Å²) in [5.41, 5.74) is 5.39. The molecule has 0 bridgehead atoms. The van der Waals surface area contributed by atoms with Crippen molar-refractivity contribution in [3.05, 3.63) is 0 Å². The van der Waals surface area contributed by atoms with Gasteiger partial charge in [0.1, 0.15) is 5.54 Å². The summed E-state index contributed by atoms with van der Waals surface area (Å²) in [6, 6.07) is 0. The van der Waals surface area contributed by atoms with Crippen LogP contribution in [0.15, 0.2) is 0 Å². The fourth-order valence-electron chi connectivity index (χ4n) is 3.70. The second kappa shape index (κ2) is 6.00. The lowest BCUT2D eigenvalue weighted by atomic mass is 9.46. The molecule has 0 radical (unpaired) electrons. The molecule has 0 aromatic heterocycles. The number of hydrogen-bond donors (Lipinski definition) is 2. The molecule has 2 fully saturated rings. The van der Waals surface area contributed by atoms with Crippen molar-refractivity contribution in [2.24, 2.45) is 17.1 Å². The predicted molar refractivity (Wildman–Crippen MR) is 77.3 cm³/mol. The average Bonchev–Trinajstić information content (AvgIpc) is 2.45. The molecule has 116 valence electrons. The predicted octanol–water partition coefficient (Wildman–Crippen LogP) is 1.06. The largest absolute Gasteiger partial charge is 0.382 e. The van der Waals surface area contributed by atoms with Gasteiger partial charge in [-0.2, -0.15) is 0 Å². The van der Waals surface area contributed by atoms with Crippen molar-refractivity contribution in [2.75, 3.05) is 26.4 Å². The number of ether oxygens (including phenoxy) is 2. The number of carbonyl (C=O) groups excluding carboxylic acids is 1. The summed E-state index contributed by atoms with van der Waals surface area (Å²) in [4.78, 5) is 12.5. The highest BCUT2D eigenvalue weighted by molar-refractivity contribution is 5.89. The van der Waals surface area contributed by atoms with Gasteiger partial charge in [0.05, 0.1) is 6.10 Å². The number of fused-ring (bicyclic) bond motifs is 1. The molecule has 3 atom stereocenters. The second-order valence-electron chi connectivity index (χ2n) is 6.44. The first kappa shape index (κ1) is 15.7. The molecule has 1 amide bonds. The van der Waals surface area contributed by atoms with Crippen LogP contribution in [0.2, 0.25) is 0 Å². The van der Waals surface area contributed by atoms with Crippen LogP contribution in [0.3, 0.4) is 0 Å². The fraction of sp³-hybridized carbons (Fsp3) is 0.933. The Morgan fingerprint density at radius 3 is 2.95 bits per heavy atom. The van der Waals surface area contributed by atoms with Crippen LogP contribution in [-0.4, -0.2) is 43.9 Å². The minimum Gasteiger partial charge on any atom is -0.382 e. The highest BCUT2D eigenvalue weighted by Crippen LogP contribution is 2.57. The highest BCUT2D eigenvalue weighted by atomic mass is 16.5. The van der Waals surface area contributed by atoms with E-state index in [0.29, 0.717) is 19.8 Å². The summed E-state index contributed by atoms with van der Waals surface area (Å²) in [7, 11) is 0. The molecule has 20 heavy (non-hydrogen) atoms. The molecule has 2 rings (SSSR count). The summed E-state index contributed by atoms with van der Waals surface area (Å²) >= 11 is 0. The van der Waals surface area contributed by atoms with Crippen molar-refractivity contribution in [3.63, 3.8) is 0 Å². The van der Waals surface area contributed by atoms with E-state index in [0.717, 1.165) is 25.9 Å². The first-order valence-electron chi connectivity index (χ1n) is 7.72. The molecule has 3 N–H and O–H groups in total. The monoisotopic (exact) mass is 284 g/mol. The molecule has 1 heterocycles. The van der Waals surface area contributed by atoms with E-state index >= 15 is 0 Å². The summed E-state index contributed by atoms with van der Waals surface area (Å²) in [5, 5.41) is 2.97. The Morgan fingerprint density at radius 2 is 2.25 bits per heavy atom. The van der Waals surface area contributed by atoms with E-state index in [1.165, 1.54) is 0 Å². The van der Waals surface area contributed by atoms with Gasteiger partial charge in [-0.3, -0.25) is 4.79 Å². The number of nitrogens with one attached hydrogen (secondary N) is 1. The fourth-order valence-corrected chi connectivity index (χ4v) is 3.70. The van der Waals surface area contributed by atoms with E-state index in [2.05, 4.69) is 5.32 Å².